The van der Waals surface area contributed by atoms with E-state index >= 15 is 0 Å². The minimum absolute atomic E-state index is 0.0482. The summed E-state index contributed by atoms with van der Waals surface area (Å²) in [5.41, 5.74) is -0.892. The van der Waals surface area contributed by atoms with Gasteiger partial charge in [0.1, 0.15) is 12.1 Å². The van der Waals surface area contributed by atoms with Gasteiger partial charge in [-0.25, -0.2) is 4.79 Å². The molecule has 0 spiro atoms. The Morgan fingerprint density at radius 3 is 2.46 bits per heavy atom. The number of carboxylic acids is 1. The van der Waals surface area contributed by atoms with Crippen LogP contribution in [0.2, 0.25) is 0 Å². The van der Waals surface area contributed by atoms with Gasteiger partial charge in [0, 0.05) is 12.1 Å². The van der Waals surface area contributed by atoms with Crippen molar-refractivity contribution in [3.63, 3.8) is 0 Å². The number of nitro groups is 1. The number of carbonyl (C=O) groups is 2. The van der Waals surface area contributed by atoms with Crippen molar-refractivity contribution < 1.29 is 19.6 Å². The number of pyridine rings is 1. The maximum Gasteiger partial charge on any atom is 0.326 e. The SMILES string of the molecule is CCC(C(=O)NC(CC(C)C)C(=O)O)n1cc([N+](=O)[O-])ccc1=O. The highest BCUT2D eigenvalue weighted by Crippen LogP contribution is 2.15. The fraction of sp³-hybridized carbons (Fsp3) is 0.533. The lowest BCUT2D eigenvalue weighted by Crippen LogP contribution is -2.46. The average molecular weight is 339 g/mol. The van der Waals surface area contributed by atoms with Crippen molar-refractivity contribution in [3.8, 4) is 0 Å². The van der Waals surface area contributed by atoms with Gasteiger partial charge in [-0.3, -0.25) is 24.3 Å². The first-order valence-corrected chi connectivity index (χ1v) is 7.57. The Balaban J connectivity index is 3.10. The molecule has 9 nitrogen and oxygen atoms in total. The second-order valence-corrected chi connectivity index (χ2v) is 5.84. The molecule has 0 aliphatic rings. The molecule has 0 aromatic carbocycles. The lowest BCUT2D eigenvalue weighted by atomic mass is 10.0. The van der Waals surface area contributed by atoms with Gasteiger partial charge in [0.05, 0.1) is 11.1 Å². The molecule has 0 bridgehead atoms. The van der Waals surface area contributed by atoms with E-state index in [1.165, 1.54) is 0 Å². The molecule has 1 aromatic rings. The Kier molecular flexibility index (Phi) is 6.63. The highest BCUT2D eigenvalue weighted by Gasteiger charge is 2.27. The number of nitrogens with one attached hydrogen (secondary N) is 1. The summed E-state index contributed by atoms with van der Waals surface area (Å²) < 4.78 is 0.960. The van der Waals surface area contributed by atoms with Gasteiger partial charge in [-0.2, -0.15) is 0 Å². The first kappa shape index (κ1) is 19.3. The molecule has 0 radical (unpaired) electrons. The molecular formula is C15H21N3O6. The van der Waals surface area contributed by atoms with Crippen LogP contribution in [0.1, 0.15) is 39.7 Å². The molecule has 1 aromatic heterocycles. The van der Waals surface area contributed by atoms with E-state index in [4.69, 9.17) is 0 Å². The fourth-order valence-corrected chi connectivity index (χ4v) is 2.31. The first-order chi connectivity index (χ1) is 11.2. The number of aromatic nitrogens is 1. The van der Waals surface area contributed by atoms with Gasteiger partial charge in [0.2, 0.25) is 5.91 Å². The van der Waals surface area contributed by atoms with Crippen LogP contribution in [0.25, 0.3) is 0 Å². The van der Waals surface area contributed by atoms with Crippen LogP contribution < -0.4 is 10.9 Å². The fourth-order valence-electron chi connectivity index (χ4n) is 2.31. The van der Waals surface area contributed by atoms with Crippen molar-refractivity contribution in [1.29, 1.82) is 0 Å². The summed E-state index contributed by atoms with van der Waals surface area (Å²) in [5, 5.41) is 22.4. The summed E-state index contributed by atoms with van der Waals surface area (Å²) in [7, 11) is 0. The normalized spacial score (nSPS) is 13.3. The molecular weight excluding hydrogens is 318 g/mol. The van der Waals surface area contributed by atoms with Crippen LogP contribution >= 0.6 is 0 Å². The van der Waals surface area contributed by atoms with E-state index in [-0.39, 0.29) is 24.4 Å². The number of hydrogen-bond donors (Lipinski definition) is 2. The molecule has 2 atom stereocenters. The third-order valence-electron chi connectivity index (χ3n) is 3.48. The van der Waals surface area contributed by atoms with Crippen LogP contribution in [0.5, 0.6) is 0 Å². The molecule has 132 valence electrons. The van der Waals surface area contributed by atoms with Crippen molar-refractivity contribution in [3.05, 3.63) is 38.8 Å². The third kappa shape index (κ3) is 4.90. The molecule has 2 N–H and O–H groups in total. The highest BCUT2D eigenvalue weighted by molar-refractivity contribution is 5.86. The predicted octanol–water partition coefficient (Wildman–Crippen LogP) is 1.32. The van der Waals surface area contributed by atoms with Gasteiger partial charge in [0.15, 0.2) is 0 Å². The Hall–Kier alpha value is -2.71. The quantitative estimate of drug-likeness (QED) is 0.542. The third-order valence-corrected chi connectivity index (χ3v) is 3.48. The summed E-state index contributed by atoms with van der Waals surface area (Å²) >= 11 is 0. The monoisotopic (exact) mass is 339 g/mol. The smallest absolute Gasteiger partial charge is 0.326 e. The van der Waals surface area contributed by atoms with Gasteiger partial charge < -0.3 is 10.4 Å². The van der Waals surface area contributed by atoms with Crippen LogP contribution in [-0.4, -0.2) is 32.5 Å². The van der Waals surface area contributed by atoms with E-state index in [0.29, 0.717) is 0 Å². The van der Waals surface area contributed by atoms with Crippen LogP contribution in [0.3, 0.4) is 0 Å². The van der Waals surface area contributed by atoms with E-state index in [1.807, 2.05) is 13.8 Å². The highest BCUT2D eigenvalue weighted by atomic mass is 16.6. The Morgan fingerprint density at radius 2 is 2.00 bits per heavy atom. The van der Waals surface area contributed by atoms with E-state index < -0.39 is 34.4 Å². The van der Waals surface area contributed by atoms with Crippen LogP contribution in [0.15, 0.2) is 23.1 Å². The first-order valence-electron chi connectivity index (χ1n) is 7.57. The molecule has 24 heavy (non-hydrogen) atoms. The van der Waals surface area contributed by atoms with E-state index in [0.717, 1.165) is 22.9 Å². The summed E-state index contributed by atoms with van der Waals surface area (Å²) in [6.07, 6.45) is 1.41. The summed E-state index contributed by atoms with van der Waals surface area (Å²) in [6.45, 7) is 5.28. The van der Waals surface area contributed by atoms with Crippen LogP contribution in [-0.2, 0) is 9.59 Å². The summed E-state index contributed by atoms with van der Waals surface area (Å²) in [4.78, 5) is 45.8. The summed E-state index contributed by atoms with van der Waals surface area (Å²) in [5.74, 6) is -1.78. The lowest BCUT2D eigenvalue weighted by Gasteiger charge is -2.22. The molecule has 0 aliphatic carbocycles. The largest absolute Gasteiger partial charge is 0.480 e. The van der Waals surface area contributed by atoms with Crippen LogP contribution in [0, 0.1) is 16.0 Å². The van der Waals surface area contributed by atoms with Crippen molar-refractivity contribution >= 4 is 17.6 Å². The lowest BCUT2D eigenvalue weighted by molar-refractivity contribution is -0.385. The molecule has 0 saturated carbocycles. The van der Waals surface area contributed by atoms with E-state index in [2.05, 4.69) is 5.32 Å². The number of aliphatic carboxylic acids is 1. The number of amides is 1. The molecule has 0 aliphatic heterocycles. The van der Waals surface area contributed by atoms with E-state index in [1.54, 1.807) is 6.92 Å². The van der Waals surface area contributed by atoms with Gasteiger partial charge in [-0.05, 0) is 18.8 Å². The van der Waals surface area contributed by atoms with Crippen molar-refractivity contribution in [2.45, 2.75) is 45.7 Å². The van der Waals surface area contributed by atoms with Gasteiger partial charge in [-0.1, -0.05) is 20.8 Å². The maximum absolute atomic E-state index is 12.4. The number of hydrogen-bond acceptors (Lipinski definition) is 5. The van der Waals surface area contributed by atoms with Gasteiger partial charge in [0.25, 0.3) is 11.2 Å². The van der Waals surface area contributed by atoms with E-state index in [9.17, 15) is 29.6 Å². The second-order valence-electron chi connectivity index (χ2n) is 5.84. The standard InChI is InChI=1S/C15H21N3O6/c1-4-12(14(20)16-11(15(21)22)7-9(2)3)17-8-10(18(23)24)5-6-13(17)19/h5-6,8-9,11-12H,4,7H2,1-3H3,(H,16,20)(H,21,22). The zero-order valence-electron chi connectivity index (χ0n) is 13.8. The molecule has 0 saturated heterocycles. The summed E-state index contributed by atoms with van der Waals surface area (Å²) in [6, 6.07) is -0.0357. The van der Waals surface area contributed by atoms with Crippen LogP contribution in [0.4, 0.5) is 5.69 Å². The Labute approximate surface area is 138 Å². The number of rotatable bonds is 8. The molecule has 1 heterocycles. The zero-order chi connectivity index (χ0) is 18.4. The number of nitrogens with zero attached hydrogens (tertiary/aromatic N) is 2. The minimum Gasteiger partial charge on any atom is -0.480 e. The van der Waals surface area contributed by atoms with Crippen molar-refractivity contribution in [2.24, 2.45) is 5.92 Å². The second kappa shape index (κ2) is 8.23. The van der Waals surface area contributed by atoms with Gasteiger partial charge in [-0.15, -0.1) is 0 Å². The van der Waals surface area contributed by atoms with Crippen molar-refractivity contribution in [2.75, 3.05) is 0 Å². The average Bonchev–Trinajstić information content (AvgIpc) is 2.48. The molecule has 0 fully saturated rings. The Bertz CT molecular complexity index is 682. The minimum atomic E-state index is -1.17. The van der Waals surface area contributed by atoms with Crippen molar-refractivity contribution in [1.82, 2.24) is 9.88 Å². The Morgan fingerprint density at radius 1 is 1.38 bits per heavy atom. The predicted molar refractivity (Wildman–Crippen MR) is 85.7 cm³/mol. The molecule has 9 heteroatoms. The van der Waals surface area contributed by atoms with Gasteiger partial charge >= 0.3 is 5.97 Å². The number of carboxylic acid groups (broad SMARTS) is 1. The number of carbonyl (C=O) groups excluding carboxylic acids is 1. The maximum atomic E-state index is 12.4. The molecule has 1 rings (SSSR count). The molecule has 1 amide bonds. The molecule has 2 unspecified atom stereocenters. The topological polar surface area (TPSA) is 132 Å². The zero-order valence-corrected chi connectivity index (χ0v) is 13.8.